The molecule has 1 aliphatic heterocycles. The Balaban J connectivity index is 1.60. The Bertz CT molecular complexity index is 797. The molecule has 1 aliphatic rings. The smallest absolute Gasteiger partial charge is 0.417 e. The van der Waals surface area contributed by atoms with Crippen molar-refractivity contribution in [3.05, 3.63) is 53.7 Å². The molecule has 0 atom stereocenters. The summed E-state index contributed by atoms with van der Waals surface area (Å²) in [6.07, 6.45) is -1.82. The van der Waals surface area contributed by atoms with Crippen LogP contribution in [0.25, 0.3) is 0 Å². The quantitative estimate of drug-likeness (QED) is 0.786. The number of hydrogen-bond acceptors (Lipinski definition) is 4. The van der Waals surface area contributed by atoms with Crippen LogP contribution in [0.3, 0.4) is 0 Å². The average Bonchev–Trinajstić information content (AvgIpc) is 2.68. The second-order valence-electron chi connectivity index (χ2n) is 7.00. The van der Waals surface area contributed by atoms with E-state index in [4.69, 9.17) is 4.74 Å². The second-order valence-corrected chi connectivity index (χ2v) is 7.00. The van der Waals surface area contributed by atoms with Crippen molar-refractivity contribution in [3.63, 3.8) is 0 Å². The van der Waals surface area contributed by atoms with E-state index < -0.39 is 11.7 Å². The van der Waals surface area contributed by atoms with E-state index in [2.05, 4.69) is 9.88 Å². The monoisotopic (exact) mass is 393 g/mol. The summed E-state index contributed by atoms with van der Waals surface area (Å²) in [5.41, 5.74) is -0.283. The highest BCUT2D eigenvalue weighted by molar-refractivity contribution is 5.94. The molecule has 28 heavy (non-hydrogen) atoms. The molecule has 3 rings (SSSR count). The average molecular weight is 393 g/mol. The minimum atomic E-state index is -4.44. The highest BCUT2D eigenvalue weighted by atomic mass is 19.4. The number of carbonyl (C=O) groups excluding carboxylic acids is 1. The molecule has 1 saturated heterocycles. The molecule has 150 valence electrons. The normalized spacial score (nSPS) is 15.7. The van der Waals surface area contributed by atoms with Gasteiger partial charge in [-0.15, -0.1) is 0 Å². The van der Waals surface area contributed by atoms with Crippen molar-refractivity contribution in [2.24, 2.45) is 0 Å². The lowest BCUT2D eigenvalue weighted by Gasteiger charge is -2.35. The van der Waals surface area contributed by atoms with Gasteiger partial charge in [-0.05, 0) is 57.3 Å². The van der Waals surface area contributed by atoms with Crippen molar-refractivity contribution in [1.29, 1.82) is 0 Å². The number of nitrogens with zero attached hydrogens (tertiary/aromatic N) is 3. The number of hydrogen-bond donors (Lipinski definition) is 0. The van der Waals surface area contributed by atoms with Gasteiger partial charge in [0.25, 0.3) is 5.91 Å². The molecule has 1 aromatic heterocycles. The summed E-state index contributed by atoms with van der Waals surface area (Å²) in [6, 6.07) is 9.10. The highest BCUT2D eigenvalue weighted by Crippen LogP contribution is 2.30. The number of aromatic nitrogens is 1. The zero-order valence-electron chi connectivity index (χ0n) is 15.7. The molecule has 0 spiro atoms. The summed E-state index contributed by atoms with van der Waals surface area (Å²) in [5.74, 6) is 0.421. The van der Waals surface area contributed by atoms with E-state index in [-0.39, 0.29) is 11.8 Å². The van der Waals surface area contributed by atoms with Crippen molar-refractivity contribution in [2.45, 2.75) is 25.1 Å². The number of amides is 1. The van der Waals surface area contributed by atoms with Crippen LogP contribution in [0.2, 0.25) is 0 Å². The summed E-state index contributed by atoms with van der Waals surface area (Å²) in [5, 5.41) is 0. The topological polar surface area (TPSA) is 45.7 Å². The van der Waals surface area contributed by atoms with E-state index >= 15 is 0 Å². The molecular formula is C20H22F3N3O2. The Morgan fingerprint density at radius 1 is 1.11 bits per heavy atom. The van der Waals surface area contributed by atoms with Crippen molar-refractivity contribution in [1.82, 2.24) is 14.8 Å². The molecule has 0 unspecified atom stereocenters. The van der Waals surface area contributed by atoms with Crippen LogP contribution >= 0.6 is 0 Å². The molecule has 2 heterocycles. The molecule has 1 aromatic carbocycles. The fraction of sp³-hybridized carbons (Fsp3) is 0.400. The van der Waals surface area contributed by atoms with Gasteiger partial charge in [0.1, 0.15) is 5.75 Å². The molecule has 0 bridgehead atoms. The van der Waals surface area contributed by atoms with Crippen LogP contribution in [0.4, 0.5) is 13.2 Å². The van der Waals surface area contributed by atoms with Crippen LogP contribution in [-0.2, 0) is 6.18 Å². The SMILES string of the molecule is CN(C)C1CCN(C(=O)c2ccc(Oc3ccc(C(F)(F)F)cn3)cc2)CC1. The maximum atomic E-state index is 12.6. The van der Waals surface area contributed by atoms with Gasteiger partial charge in [0.05, 0.1) is 5.56 Å². The summed E-state index contributed by atoms with van der Waals surface area (Å²) < 4.78 is 43.1. The Labute approximate surface area is 161 Å². The van der Waals surface area contributed by atoms with E-state index in [9.17, 15) is 18.0 Å². The maximum absolute atomic E-state index is 12.6. The van der Waals surface area contributed by atoms with Gasteiger partial charge in [0.2, 0.25) is 5.88 Å². The number of rotatable bonds is 4. The highest BCUT2D eigenvalue weighted by Gasteiger charge is 2.30. The lowest BCUT2D eigenvalue weighted by molar-refractivity contribution is -0.137. The molecule has 0 N–H and O–H groups in total. The second kappa shape index (κ2) is 8.18. The number of halogens is 3. The van der Waals surface area contributed by atoms with Gasteiger partial charge in [-0.1, -0.05) is 0 Å². The Morgan fingerprint density at radius 2 is 1.75 bits per heavy atom. The molecular weight excluding hydrogens is 371 g/mol. The van der Waals surface area contributed by atoms with Crippen LogP contribution in [0.1, 0.15) is 28.8 Å². The summed E-state index contributed by atoms with van der Waals surface area (Å²) in [4.78, 5) is 20.3. The summed E-state index contributed by atoms with van der Waals surface area (Å²) >= 11 is 0. The molecule has 0 radical (unpaired) electrons. The van der Waals surface area contributed by atoms with E-state index in [0.717, 1.165) is 44.3 Å². The number of likely N-dealkylation sites (tertiary alicyclic amines) is 1. The van der Waals surface area contributed by atoms with Gasteiger partial charge < -0.3 is 14.5 Å². The van der Waals surface area contributed by atoms with Crippen molar-refractivity contribution in [3.8, 4) is 11.6 Å². The minimum absolute atomic E-state index is 0.0311. The van der Waals surface area contributed by atoms with Gasteiger partial charge >= 0.3 is 6.18 Å². The zero-order valence-corrected chi connectivity index (χ0v) is 15.7. The first kappa shape index (κ1) is 20.1. The Kier molecular flexibility index (Phi) is 5.88. The lowest BCUT2D eigenvalue weighted by atomic mass is 10.0. The zero-order chi connectivity index (χ0) is 20.3. The van der Waals surface area contributed by atoms with Gasteiger partial charge in [-0.3, -0.25) is 4.79 Å². The Hall–Kier alpha value is -2.61. The van der Waals surface area contributed by atoms with E-state index in [1.165, 1.54) is 0 Å². The Morgan fingerprint density at radius 3 is 2.25 bits per heavy atom. The first-order valence-electron chi connectivity index (χ1n) is 9.01. The number of ether oxygens (including phenoxy) is 1. The predicted octanol–water partition coefficient (Wildman–Crippen LogP) is 4.06. The van der Waals surface area contributed by atoms with Crippen LogP contribution in [0, 0.1) is 0 Å². The molecule has 1 fully saturated rings. The third-order valence-corrected chi connectivity index (χ3v) is 4.87. The molecule has 1 amide bonds. The number of pyridine rings is 1. The van der Waals surface area contributed by atoms with Crippen LogP contribution in [-0.4, -0.2) is 53.9 Å². The molecule has 0 aliphatic carbocycles. The summed E-state index contributed by atoms with van der Waals surface area (Å²) in [7, 11) is 4.10. The first-order chi connectivity index (χ1) is 13.2. The minimum Gasteiger partial charge on any atom is -0.439 e. The fourth-order valence-electron chi connectivity index (χ4n) is 3.16. The number of carbonyl (C=O) groups is 1. The molecule has 2 aromatic rings. The first-order valence-corrected chi connectivity index (χ1v) is 9.01. The standard InChI is InChI=1S/C20H22F3N3O2/c1-25(2)16-9-11-26(12-10-16)19(27)14-3-6-17(7-4-14)28-18-8-5-15(13-24-18)20(21,22)23/h3-8,13,16H,9-12H2,1-2H3. The van der Waals surface area contributed by atoms with Crippen molar-refractivity contribution >= 4 is 5.91 Å². The lowest BCUT2D eigenvalue weighted by Crippen LogP contribution is -2.44. The van der Waals surface area contributed by atoms with Gasteiger partial charge in [-0.25, -0.2) is 4.98 Å². The largest absolute Gasteiger partial charge is 0.439 e. The third-order valence-electron chi connectivity index (χ3n) is 4.87. The number of piperidine rings is 1. The van der Waals surface area contributed by atoms with E-state index in [0.29, 0.717) is 17.4 Å². The van der Waals surface area contributed by atoms with Gasteiger partial charge in [0.15, 0.2) is 0 Å². The molecule has 0 saturated carbocycles. The van der Waals surface area contributed by atoms with Gasteiger partial charge in [-0.2, -0.15) is 13.2 Å². The van der Waals surface area contributed by atoms with Gasteiger partial charge in [0, 0.05) is 37.0 Å². The van der Waals surface area contributed by atoms with Crippen LogP contribution < -0.4 is 4.74 Å². The van der Waals surface area contributed by atoms with Crippen molar-refractivity contribution < 1.29 is 22.7 Å². The number of alkyl halides is 3. The predicted molar refractivity (Wildman–Crippen MR) is 98.4 cm³/mol. The fourth-order valence-corrected chi connectivity index (χ4v) is 3.16. The van der Waals surface area contributed by atoms with E-state index in [1.54, 1.807) is 24.3 Å². The summed E-state index contributed by atoms with van der Waals surface area (Å²) in [6.45, 7) is 1.44. The van der Waals surface area contributed by atoms with Crippen molar-refractivity contribution in [2.75, 3.05) is 27.2 Å². The van der Waals surface area contributed by atoms with Crippen LogP contribution in [0.5, 0.6) is 11.6 Å². The number of benzene rings is 1. The maximum Gasteiger partial charge on any atom is 0.417 e. The van der Waals surface area contributed by atoms with E-state index in [1.807, 2.05) is 19.0 Å². The molecule has 5 nitrogen and oxygen atoms in total. The van der Waals surface area contributed by atoms with Crippen LogP contribution in [0.15, 0.2) is 42.6 Å². The molecule has 8 heteroatoms. The third kappa shape index (κ3) is 4.81.